The van der Waals surface area contributed by atoms with Gasteiger partial charge in [0.2, 0.25) is 5.91 Å². The Labute approximate surface area is 156 Å². The number of nitrogens with zero attached hydrogens (tertiary/aromatic N) is 2. The second-order valence-electron chi connectivity index (χ2n) is 6.70. The molecule has 0 bridgehead atoms. The molecule has 0 saturated carbocycles. The summed E-state index contributed by atoms with van der Waals surface area (Å²) in [5.74, 6) is -0.184. The zero-order valence-corrected chi connectivity index (χ0v) is 15.6. The van der Waals surface area contributed by atoms with Gasteiger partial charge in [0.05, 0.1) is 16.5 Å². The lowest BCUT2D eigenvalue weighted by Crippen LogP contribution is -2.26. The lowest BCUT2D eigenvalue weighted by atomic mass is 10.2. The van der Waals surface area contributed by atoms with Crippen LogP contribution in [0.2, 0.25) is 0 Å². The van der Waals surface area contributed by atoms with Crippen LogP contribution in [0.15, 0.2) is 27.4 Å². The molecule has 0 aliphatic carbocycles. The van der Waals surface area contributed by atoms with Gasteiger partial charge >= 0.3 is 5.76 Å². The van der Waals surface area contributed by atoms with Crippen LogP contribution in [0.4, 0.5) is 5.69 Å². The van der Waals surface area contributed by atoms with Gasteiger partial charge in [-0.15, -0.1) is 0 Å². The summed E-state index contributed by atoms with van der Waals surface area (Å²) in [7, 11) is 0. The predicted molar refractivity (Wildman–Crippen MR) is 99.6 cm³/mol. The summed E-state index contributed by atoms with van der Waals surface area (Å²) in [6, 6.07) is 4.03. The number of rotatable bonds is 11. The van der Waals surface area contributed by atoms with Crippen molar-refractivity contribution in [3.8, 4) is 0 Å². The van der Waals surface area contributed by atoms with E-state index in [0.29, 0.717) is 44.2 Å². The van der Waals surface area contributed by atoms with Gasteiger partial charge in [-0.05, 0) is 24.8 Å². The van der Waals surface area contributed by atoms with E-state index in [2.05, 4.69) is 19.2 Å². The Kier molecular flexibility index (Phi) is 7.54. The van der Waals surface area contributed by atoms with Gasteiger partial charge in [0.15, 0.2) is 5.58 Å². The molecule has 0 spiro atoms. The first kappa shape index (κ1) is 20.6. The van der Waals surface area contributed by atoms with Gasteiger partial charge in [0, 0.05) is 38.8 Å². The van der Waals surface area contributed by atoms with E-state index in [0.717, 1.165) is 6.42 Å². The molecule has 9 heteroatoms. The fourth-order valence-electron chi connectivity index (χ4n) is 2.59. The van der Waals surface area contributed by atoms with E-state index in [4.69, 9.17) is 9.15 Å². The normalized spacial score (nSPS) is 11.2. The number of non-ortho nitro benzene ring substituents is 1. The molecule has 1 N–H and O–H groups in total. The summed E-state index contributed by atoms with van der Waals surface area (Å²) in [4.78, 5) is 34.0. The lowest BCUT2D eigenvalue weighted by molar-refractivity contribution is -0.384. The number of aromatic nitrogens is 1. The summed E-state index contributed by atoms with van der Waals surface area (Å²) >= 11 is 0. The molecule has 0 aliphatic heterocycles. The molecule has 1 heterocycles. The van der Waals surface area contributed by atoms with Crippen LogP contribution in [0.3, 0.4) is 0 Å². The van der Waals surface area contributed by atoms with Crippen molar-refractivity contribution in [3.63, 3.8) is 0 Å². The average Bonchev–Trinajstić information content (AvgIpc) is 2.92. The van der Waals surface area contributed by atoms with Gasteiger partial charge in [-0.1, -0.05) is 13.8 Å². The molecule has 0 unspecified atom stereocenters. The van der Waals surface area contributed by atoms with E-state index in [9.17, 15) is 19.7 Å². The number of oxazole rings is 1. The number of carbonyl (C=O) groups is 1. The number of nitrogens with one attached hydrogen (secondary N) is 1. The number of aryl methyl sites for hydroxylation is 1. The number of benzene rings is 1. The highest BCUT2D eigenvalue weighted by Crippen LogP contribution is 2.20. The van der Waals surface area contributed by atoms with Crippen molar-refractivity contribution in [2.75, 3.05) is 19.8 Å². The highest BCUT2D eigenvalue weighted by atomic mass is 16.6. The van der Waals surface area contributed by atoms with Crippen LogP contribution >= 0.6 is 0 Å². The van der Waals surface area contributed by atoms with E-state index in [1.807, 2.05) is 0 Å². The van der Waals surface area contributed by atoms with Crippen LogP contribution in [0.5, 0.6) is 0 Å². The number of nitro benzene ring substituents is 1. The van der Waals surface area contributed by atoms with Gasteiger partial charge in [-0.2, -0.15) is 0 Å². The van der Waals surface area contributed by atoms with E-state index >= 15 is 0 Å². The molecule has 0 fully saturated rings. The van der Waals surface area contributed by atoms with Crippen molar-refractivity contribution >= 4 is 22.7 Å². The molecule has 0 saturated heterocycles. The van der Waals surface area contributed by atoms with E-state index < -0.39 is 10.7 Å². The second-order valence-corrected chi connectivity index (χ2v) is 6.70. The number of carbonyl (C=O) groups excluding carboxylic acids is 1. The molecule has 1 amide bonds. The smallest absolute Gasteiger partial charge is 0.407 e. The number of hydrogen-bond acceptors (Lipinski definition) is 6. The van der Waals surface area contributed by atoms with E-state index in [-0.39, 0.29) is 23.6 Å². The third kappa shape index (κ3) is 6.21. The van der Waals surface area contributed by atoms with Gasteiger partial charge in [-0.3, -0.25) is 19.5 Å². The lowest BCUT2D eigenvalue weighted by Gasteiger charge is -2.08. The second kappa shape index (κ2) is 9.86. The molecular weight excluding hydrogens is 354 g/mol. The number of fused-ring (bicyclic) bond motifs is 1. The third-order valence-electron chi connectivity index (χ3n) is 3.89. The Morgan fingerprint density at radius 3 is 2.85 bits per heavy atom. The largest absolute Gasteiger partial charge is 0.419 e. The molecule has 0 aliphatic rings. The van der Waals surface area contributed by atoms with Crippen molar-refractivity contribution in [1.29, 1.82) is 0 Å². The number of ether oxygens (including phenoxy) is 1. The molecular formula is C18H25N3O6. The zero-order valence-electron chi connectivity index (χ0n) is 15.6. The Hall–Kier alpha value is -2.68. The van der Waals surface area contributed by atoms with E-state index in [1.54, 1.807) is 0 Å². The minimum atomic E-state index is -0.590. The molecule has 2 aromatic rings. The van der Waals surface area contributed by atoms with Crippen LogP contribution in [0.25, 0.3) is 11.1 Å². The first-order valence-corrected chi connectivity index (χ1v) is 9.00. The zero-order chi connectivity index (χ0) is 19.8. The number of nitro groups is 1. The standard InChI is InChI=1S/C18H25N3O6/c1-13(2)12-26-10-4-8-19-17(22)5-3-9-20-15-7-6-14(21(24)25)11-16(15)27-18(20)23/h6-7,11,13H,3-5,8-10,12H2,1-2H3,(H,19,22). The molecule has 9 nitrogen and oxygen atoms in total. The average molecular weight is 379 g/mol. The summed E-state index contributed by atoms with van der Waals surface area (Å²) in [6.07, 6.45) is 1.49. The SMILES string of the molecule is CC(C)COCCCNC(=O)CCCn1c(=O)oc2cc([N+](=O)[O-])ccc21. The Morgan fingerprint density at radius 1 is 1.37 bits per heavy atom. The summed E-state index contributed by atoms with van der Waals surface area (Å²) in [5.41, 5.74) is 0.508. The van der Waals surface area contributed by atoms with Crippen LogP contribution in [0.1, 0.15) is 33.1 Å². The molecule has 148 valence electrons. The van der Waals surface area contributed by atoms with Crippen molar-refractivity contribution in [2.45, 2.75) is 39.7 Å². The van der Waals surface area contributed by atoms with Gasteiger partial charge in [-0.25, -0.2) is 4.79 Å². The highest BCUT2D eigenvalue weighted by molar-refractivity contribution is 5.76. The van der Waals surface area contributed by atoms with Crippen LogP contribution < -0.4 is 11.1 Å². The maximum absolute atomic E-state index is 11.9. The quantitative estimate of drug-likeness (QED) is 0.364. The Morgan fingerprint density at radius 2 is 2.15 bits per heavy atom. The summed E-state index contributed by atoms with van der Waals surface area (Å²) in [6.45, 7) is 6.34. The first-order chi connectivity index (χ1) is 12.9. The topological polar surface area (TPSA) is 117 Å². The summed E-state index contributed by atoms with van der Waals surface area (Å²) in [5, 5.41) is 13.6. The van der Waals surface area contributed by atoms with Crippen LogP contribution in [-0.4, -0.2) is 35.2 Å². The number of amides is 1. The first-order valence-electron chi connectivity index (χ1n) is 9.00. The third-order valence-corrected chi connectivity index (χ3v) is 3.89. The minimum Gasteiger partial charge on any atom is -0.407 e. The molecule has 1 aromatic carbocycles. The van der Waals surface area contributed by atoms with Gasteiger partial charge in [0.25, 0.3) is 5.69 Å². The minimum absolute atomic E-state index is 0.0876. The summed E-state index contributed by atoms with van der Waals surface area (Å²) < 4.78 is 11.9. The van der Waals surface area contributed by atoms with Crippen LogP contribution in [-0.2, 0) is 16.1 Å². The fourth-order valence-corrected chi connectivity index (χ4v) is 2.59. The van der Waals surface area contributed by atoms with Crippen molar-refractivity contribution in [1.82, 2.24) is 9.88 Å². The molecule has 27 heavy (non-hydrogen) atoms. The highest BCUT2D eigenvalue weighted by Gasteiger charge is 2.14. The van der Waals surface area contributed by atoms with Gasteiger partial charge in [0.1, 0.15) is 0 Å². The molecule has 1 aromatic heterocycles. The maximum atomic E-state index is 11.9. The predicted octanol–water partition coefficient (Wildman–Crippen LogP) is 2.46. The van der Waals surface area contributed by atoms with Crippen molar-refractivity contribution < 1.29 is 18.9 Å². The molecule has 0 atom stereocenters. The molecule has 2 rings (SSSR count). The van der Waals surface area contributed by atoms with Crippen molar-refractivity contribution in [2.24, 2.45) is 5.92 Å². The van der Waals surface area contributed by atoms with Crippen molar-refractivity contribution in [3.05, 3.63) is 38.9 Å². The van der Waals surface area contributed by atoms with E-state index in [1.165, 1.54) is 22.8 Å². The molecule has 0 radical (unpaired) electrons. The monoisotopic (exact) mass is 379 g/mol. The maximum Gasteiger partial charge on any atom is 0.419 e. The van der Waals surface area contributed by atoms with Crippen LogP contribution in [0, 0.1) is 16.0 Å². The van der Waals surface area contributed by atoms with Gasteiger partial charge < -0.3 is 14.5 Å². The number of hydrogen-bond donors (Lipinski definition) is 1. The Bertz CT molecular complexity index is 839. The fraction of sp³-hybridized carbons (Fsp3) is 0.556. The Balaban J connectivity index is 1.76.